The van der Waals surface area contributed by atoms with Crippen LogP contribution < -0.4 is 0 Å². The quantitative estimate of drug-likeness (QED) is 0.0167. The number of aliphatic hydroxyl groups excluding tert-OH is 2. The van der Waals surface area contributed by atoms with Gasteiger partial charge < -0.3 is 34.4 Å². The molecule has 62 heavy (non-hydrogen) atoms. The second kappa shape index (κ2) is 41.0. The summed E-state index contributed by atoms with van der Waals surface area (Å²) in [6.07, 6.45) is 44.4. The Hall–Kier alpha value is -2.74. The first-order valence-electron chi connectivity index (χ1n) is 22.3. The van der Waals surface area contributed by atoms with Crippen LogP contribution in [0.25, 0.3) is 0 Å². The molecule has 0 aromatic rings. The normalized spacial score (nSPS) is 15.3. The molecule has 5 N–H and O–H groups in total. The van der Waals surface area contributed by atoms with E-state index < -0.39 is 66.2 Å². The van der Waals surface area contributed by atoms with E-state index in [1.165, 1.54) is 38.5 Å². The number of ether oxygens (including phenoxy) is 2. The number of esters is 2. The number of phosphoric ester groups is 2. The van der Waals surface area contributed by atoms with Gasteiger partial charge in [0.1, 0.15) is 12.7 Å². The van der Waals surface area contributed by atoms with E-state index in [4.69, 9.17) is 23.8 Å². The Labute approximate surface area is 371 Å². The molecule has 0 rings (SSSR count). The summed E-state index contributed by atoms with van der Waals surface area (Å²) in [6.45, 7) is 1.16. The van der Waals surface area contributed by atoms with E-state index >= 15 is 0 Å². The smallest absolute Gasteiger partial charge is 0.462 e. The van der Waals surface area contributed by atoms with Crippen molar-refractivity contribution < 1.29 is 66.7 Å². The van der Waals surface area contributed by atoms with Crippen LogP contribution in [0, 0.1) is 0 Å². The molecule has 14 nitrogen and oxygen atoms in total. The van der Waals surface area contributed by atoms with Crippen LogP contribution >= 0.6 is 15.6 Å². The fourth-order valence-electron chi connectivity index (χ4n) is 5.37. The second-order valence-corrected chi connectivity index (χ2v) is 17.6. The third kappa shape index (κ3) is 45.3. The Kier molecular flexibility index (Phi) is 39.2. The number of rotatable bonds is 41. The summed E-state index contributed by atoms with van der Waals surface area (Å²) in [5.74, 6) is -1.18. The summed E-state index contributed by atoms with van der Waals surface area (Å²) in [6, 6.07) is 0. The zero-order chi connectivity index (χ0) is 46.0. The largest absolute Gasteiger partial charge is 0.472 e. The van der Waals surface area contributed by atoms with E-state index in [0.29, 0.717) is 25.7 Å². The topological polar surface area (TPSA) is 216 Å². The molecule has 0 aromatic heterocycles. The van der Waals surface area contributed by atoms with E-state index in [0.717, 1.165) is 57.8 Å². The van der Waals surface area contributed by atoms with E-state index in [1.807, 2.05) is 24.3 Å². The molecule has 0 radical (unpaired) electrons. The van der Waals surface area contributed by atoms with Gasteiger partial charge >= 0.3 is 27.6 Å². The van der Waals surface area contributed by atoms with Gasteiger partial charge in [-0.25, -0.2) is 9.13 Å². The zero-order valence-electron chi connectivity index (χ0n) is 37.3. The molecular formula is C46H78O14P2. The summed E-state index contributed by atoms with van der Waals surface area (Å²) in [5, 5.41) is 19.0. The molecule has 0 saturated heterocycles. The molecule has 0 bridgehead atoms. The maximum absolute atomic E-state index is 12.6. The molecule has 4 atom stereocenters. The van der Waals surface area contributed by atoms with Crippen LogP contribution in [0.15, 0.2) is 85.1 Å². The SMILES string of the molecule is CCCCCCCC/C=C\C/C=C\C/C=C\CCCC(=O)OC[C@H](COP(=O)(O)OC[C@@H](O)COP(=O)(O)O)OC(=O)CCC/C=C\C/C=C\C/C=C\C/C=C\CCC[C@H](C)O. The minimum atomic E-state index is -4.88. The van der Waals surface area contributed by atoms with Crippen molar-refractivity contribution in [2.75, 3.05) is 26.4 Å². The first-order chi connectivity index (χ1) is 29.7. The number of allylic oxidation sites excluding steroid dienone is 14. The fraction of sp³-hybridized carbons (Fsp3) is 0.652. The molecule has 0 aromatic carbocycles. The lowest BCUT2D eigenvalue weighted by Crippen LogP contribution is -2.29. The van der Waals surface area contributed by atoms with Gasteiger partial charge in [0.2, 0.25) is 0 Å². The van der Waals surface area contributed by atoms with Crippen molar-refractivity contribution in [3.05, 3.63) is 85.1 Å². The number of carbonyl (C=O) groups excluding carboxylic acids is 2. The van der Waals surface area contributed by atoms with Gasteiger partial charge in [-0.15, -0.1) is 0 Å². The Morgan fingerprint density at radius 2 is 0.935 bits per heavy atom. The van der Waals surface area contributed by atoms with Crippen molar-refractivity contribution in [3.8, 4) is 0 Å². The van der Waals surface area contributed by atoms with Crippen LogP contribution in [-0.2, 0) is 41.8 Å². The summed E-state index contributed by atoms with van der Waals surface area (Å²) < 4.78 is 47.6. The van der Waals surface area contributed by atoms with Crippen molar-refractivity contribution in [2.24, 2.45) is 0 Å². The average molecular weight is 917 g/mol. The third-order valence-corrected chi connectivity index (χ3v) is 10.2. The monoisotopic (exact) mass is 916 g/mol. The van der Waals surface area contributed by atoms with Gasteiger partial charge in [-0.05, 0) is 96.8 Å². The highest BCUT2D eigenvalue weighted by atomic mass is 31.2. The van der Waals surface area contributed by atoms with Crippen molar-refractivity contribution >= 4 is 27.6 Å². The van der Waals surface area contributed by atoms with E-state index in [9.17, 15) is 33.8 Å². The number of unbranched alkanes of at least 4 members (excludes halogenated alkanes) is 9. The van der Waals surface area contributed by atoms with Crippen molar-refractivity contribution in [2.45, 2.75) is 167 Å². The van der Waals surface area contributed by atoms with E-state index in [2.05, 4.69) is 76.7 Å². The maximum atomic E-state index is 12.6. The number of phosphoric acid groups is 2. The molecular weight excluding hydrogens is 838 g/mol. The van der Waals surface area contributed by atoms with Crippen LogP contribution in [0.1, 0.15) is 149 Å². The maximum Gasteiger partial charge on any atom is 0.472 e. The van der Waals surface area contributed by atoms with Gasteiger partial charge in [0.05, 0.1) is 25.9 Å². The summed E-state index contributed by atoms with van der Waals surface area (Å²) in [5.41, 5.74) is 0. The van der Waals surface area contributed by atoms with Gasteiger partial charge in [0, 0.05) is 12.8 Å². The lowest BCUT2D eigenvalue weighted by Gasteiger charge is -2.20. The molecule has 0 aliphatic carbocycles. The van der Waals surface area contributed by atoms with Gasteiger partial charge in [-0.1, -0.05) is 124 Å². The van der Waals surface area contributed by atoms with Crippen molar-refractivity contribution in [3.63, 3.8) is 0 Å². The fourth-order valence-corrected chi connectivity index (χ4v) is 6.53. The lowest BCUT2D eigenvalue weighted by molar-refractivity contribution is -0.161. The predicted octanol–water partition coefficient (Wildman–Crippen LogP) is 10.5. The van der Waals surface area contributed by atoms with Crippen molar-refractivity contribution in [1.29, 1.82) is 0 Å². The molecule has 0 fully saturated rings. The third-order valence-electron chi connectivity index (χ3n) is 8.76. The van der Waals surface area contributed by atoms with Crippen LogP contribution in [-0.4, -0.2) is 81.6 Å². The summed E-state index contributed by atoms with van der Waals surface area (Å²) in [7, 11) is -9.73. The van der Waals surface area contributed by atoms with Crippen molar-refractivity contribution in [1.82, 2.24) is 0 Å². The zero-order valence-corrected chi connectivity index (χ0v) is 39.1. The lowest BCUT2D eigenvalue weighted by atomic mass is 10.1. The Balaban J connectivity index is 4.70. The predicted molar refractivity (Wildman–Crippen MR) is 245 cm³/mol. The molecule has 0 spiro atoms. The van der Waals surface area contributed by atoms with E-state index in [-0.39, 0.29) is 18.9 Å². The highest BCUT2D eigenvalue weighted by molar-refractivity contribution is 7.47. The van der Waals surface area contributed by atoms with Gasteiger partial charge in [0.25, 0.3) is 0 Å². The molecule has 1 unspecified atom stereocenters. The first-order valence-corrected chi connectivity index (χ1v) is 25.3. The number of carbonyl (C=O) groups is 2. The minimum absolute atomic E-state index is 0.0287. The minimum Gasteiger partial charge on any atom is -0.462 e. The Morgan fingerprint density at radius 1 is 0.516 bits per heavy atom. The van der Waals surface area contributed by atoms with Gasteiger partial charge in [-0.2, -0.15) is 0 Å². The molecule has 0 saturated carbocycles. The number of hydrogen-bond acceptors (Lipinski definition) is 11. The molecule has 0 heterocycles. The van der Waals surface area contributed by atoms with Crippen LogP contribution in [0.5, 0.6) is 0 Å². The number of aliphatic hydroxyl groups is 2. The summed E-state index contributed by atoms with van der Waals surface area (Å²) >= 11 is 0. The molecule has 0 amide bonds. The Bertz CT molecular complexity index is 1430. The van der Waals surface area contributed by atoms with Crippen LogP contribution in [0.3, 0.4) is 0 Å². The van der Waals surface area contributed by atoms with E-state index in [1.54, 1.807) is 6.92 Å². The standard InChI is InChI=1S/C46H78O14P2/c1-3-4-5-6-7-8-9-10-11-12-15-18-21-24-27-30-33-36-45(49)56-40-44(41-59-62(54,55)58-39-43(48)38-57-61(51,52)53)60-46(50)37-34-31-28-25-22-19-16-13-14-17-20-23-26-29-32-35-42(2)47/h10-11,14-19,23-28,42-44,47-48H,3-9,12-13,20-22,29-41H2,1-2H3,(H,54,55)(H2,51,52,53)/b11-10-,17-14-,18-15-,19-16-,26-23-,27-24-,28-25-/t42-,43-,44+/m0/s1. The first kappa shape index (κ1) is 59.3. The van der Waals surface area contributed by atoms with Gasteiger partial charge in [0.15, 0.2) is 6.10 Å². The Morgan fingerprint density at radius 3 is 1.44 bits per heavy atom. The molecule has 0 aliphatic heterocycles. The molecule has 16 heteroatoms. The highest BCUT2D eigenvalue weighted by Gasteiger charge is 2.28. The molecule has 0 aliphatic rings. The molecule has 356 valence electrons. The highest BCUT2D eigenvalue weighted by Crippen LogP contribution is 2.43. The van der Waals surface area contributed by atoms with Crippen LogP contribution in [0.4, 0.5) is 0 Å². The van der Waals surface area contributed by atoms with Gasteiger partial charge in [-0.3, -0.25) is 23.2 Å². The average Bonchev–Trinajstić information content (AvgIpc) is 3.22. The second-order valence-electron chi connectivity index (χ2n) is 14.9. The summed E-state index contributed by atoms with van der Waals surface area (Å²) in [4.78, 5) is 52.7. The number of hydrogen-bond donors (Lipinski definition) is 5. The van der Waals surface area contributed by atoms with Crippen LogP contribution in [0.2, 0.25) is 0 Å².